The Balaban J connectivity index is 2.08. The molecule has 0 saturated heterocycles. The molecule has 1 atom stereocenters. The number of nitrogens with one attached hydrogen (secondary N) is 1. The molecule has 0 spiro atoms. The molecule has 0 bridgehead atoms. The molecule has 138 valence electrons. The quantitative estimate of drug-likeness (QED) is 0.766. The predicted molar refractivity (Wildman–Crippen MR) is 96.0 cm³/mol. The van der Waals surface area contributed by atoms with Gasteiger partial charge in [0.2, 0.25) is 0 Å². The number of esters is 1. The zero-order valence-corrected chi connectivity index (χ0v) is 15.1. The van der Waals surface area contributed by atoms with Crippen molar-refractivity contribution in [3.63, 3.8) is 0 Å². The molecule has 0 fully saturated rings. The average Bonchev–Trinajstić information content (AvgIpc) is 2.67. The second-order valence-corrected chi connectivity index (χ2v) is 5.30. The average molecular weight is 359 g/mol. The van der Waals surface area contributed by atoms with Gasteiger partial charge in [-0.3, -0.25) is 4.79 Å². The van der Waals surface area contributed by atoms with Gasteiger partial charge in [-0.25, -0.2) is 4.79 Å². The van der Waals surface area contributed by atoms with Crippen LogP contribution in [0.15, 0.2) is 42.5 Å². The van der Waals surface area contributed by atoms with Crippen molar-refractivity contribution in [2.75, 3.05) is 26.6 Å². The minimum atomic E-state index is -1.01. The second kappa shape index (κ2) is 8.75. The Bertz CT molecular complexity index is 789. The molecule has 26 heavy (non-hydrogen) atoms. The molecule has 7 heteroatoms. The van der Waals surface area contributed by atoms with Gasteiger partial charge in [-0.15, -0.1) is 0 Å². The highest BCUT2D eigenvalue weighted by Crippen LogP contribution is 2.26. The summed E-state index contributed by atoms with van der Waals surface area (Å²) in [6.07, 6.45) is -1.01. The van der Waals surface area contributed by atoms with Crippen LogP contribution in [0.1, 0.15) is 17.3 Å². The number of rotatable bonds is 7. The second-order valence-electron chi connectivity index (χ2n) is 5.30. The van der Waals surface area contributed by atoms with Crippen LogP contribution in [0.5, 0.6) is 17.2 Å². The molecule has 0 unspecified atom stereocenters. The number of ether oxygens (including phenoxy) is 4. The molecular formula is C19H21NO6. The Labute approximate surface area is 151 Å². The Hall–Kier alpha value is -3.22. The van der Waals surface area contributed by atoms with Gasteiger partial charge in [-0.05, 0) is 31.2 Å². The number of carbonyl (C=O) groups is 2. The van der Waals surface area contributed by atoms with Gasteiger partial charge in [0.25, 0.3) is 5.91 Å². The SMILES string of the molecule is COc1ccc(C(=O)O[C@H](C)C(=O)Nc2ccccc2OC)c(OC)c1. The third-order valence-corrected chi connectivity index (χ3v) is 3.65. The molecule has 0 radical (unpaired) electrons. The Morgan fingerprint density at radius 2 is 1.62 bits per heavy atom. The summed E-state index contributed by atoms with van der Waals surface area (Å²) in [5.41, 5.74) is 0.690. The fraction of sp³-hybridized carbons (Fsp3) is 0.263. The molecule has 1 N–H and O–H groups in total. The number of amides is 1. The number of methoxy groups -OCH3 is 3. The van der Waals surface area contributed by atoms with E-state index in [9.17, 15) is 9.59 Å². The van der Waals surface area contributed by atoms with E-state index < -0.39 is 18.0 Å². The monoisotopic (exact) mass is 359 g/mol. The molecule has 0 aliphatic heterocycles. The van der Waals surface area contributed by atoms with E-state index in [-0.39, 0.29) is 5.56 Å². The molecule has 2 rings (SSSR count). The third-order valence-electron chi connectivity index (χ3n) is 3.65. The van der Waals surface area contributed by atoms with Crippen molar-refractivity contribution >= 4 is 17.6 Å². The minimum Gasteiger partial charge on any atom is -0.497 e. The highest BCUT2D eigenvalue weighted by molar-refractivity contribution is 5.99. The van der Waals surface area contributed by atoms with Gasteiger partial charge in [0.15, 0.2) is 6.10 Å². The van der Waals surface area contributed by atoms with E-state index in [1.165, 1.54) is 34.3 Å². The van der Waals surface area contributed by atoms with Crippen LogP contribution in [0.3, 0.4) is 0 Å². The summed E-state index contributed by atoms with van der Waals surface area (Å²) in [6.45, 7) is 1.48. The van der Waals surface area contributed by atoms with E-state index in [2.05, 4.69) is 5.32 Å². The maximum Gasteiger partial charge on any atom is 0.342 e. The highest BCUT2D eigenvalue weighted by Gasteiger charge is 2.22. The van der Waals surface area contributed by atoms with Crippen LogP contribution in [0.2, 0.25) is 0 Å². The minimum absolute atomic E-state index is 0.199. The summed E-state index contributed by atoms with van der Waals surface area (Å²) in [6, 6.07) is 11.6. The lowest BCUT2D eigenvalue weighted by molar-refractivity contribution is -0.123. The van der Waals surface area contributed by atoms with Crippen molar-refractivity contribution in [2.24, 2.45) is 0 Å². The van der Waals surface area contributed by atoms with Crippen LogP contribution in [0.4, 0.5) is 5.69 Å². The lowest BCUT2D eigenvalue weighted by Crippen LogP contribution is -2.30. The summed E-state index contributed by atoms with van der Waals surface area (Å²) in [7, 11) is 4.45. The number of benzene rings is 2. The first-order valence-electron chi connectivity index (χ1n) is 7.87. The van der Waals surface area contributed by atoms with Gasteiger partial charge in [-0.2, -0.15) is 0 Å². The molecule has 1 amide bonds. The molecule has 0 heterocycles. The van der Waals surface area contributed by atoms with Gasteiger partial charge >= 0.3 is 5.97 Å². The van der Waals surface area contributed by atoms with Crippen LogP contribution in [-0.2, 0) is 9.53 Å². The number of hydrogen-bond acceptors (Lipinski definition) is 6. The lowest BCUT2D eigenvalue weighted by Gasteiger charge is -2.16. The first kappa shape index (κ1) is 19.1. The molecule has 0 aromatic heterocycles. The standard InChI is InChI=1S/C19H21NO6/c1-12(18(21)20-15-7-5-6-8-16(15)24-3)26-19(22)14-10-9-13(23-2)11-17(14)25-4/h5-12H,1-4H3,(H,20,21)/t12-/m1/s1. The zero-order valence-electron chi connectivity index (χ0n) is 15.1. The van der Waals surface area contributed by atoms with Crippen LogP contribution >= 0.6 is 0 Å². The molecule has 2 aromatic rings. The van der Waals surface area contributed by atoms with Crippen molar-refractivity contribution in [3.05, 3.63) is 48.0 Å². The van der Waals surface area contributed by atoms with Gasteiger partial charge in [0, 0.05) is 6.07 Å². The van der Waals surface area contributed by atoms with E-state index in [1.807, 2.05) is 0 Å². The largest absolute Gasteiger partial charge is 0.497 e. The Kier molecular flexibility index (Phi) is 6.43. The third kappa shape index (κ3) is 4.44. The van der Waals surface area contributed by atoms with E-state index in [0.29, 0.717) is 22.9 Å². The molecule has 0 aliphatic rings. The van der Waals surface area contributed by atoms with Gasteiger partial charge in [-0.1, -0.05) is 12.1 Å². The van der Waals surface area contributed by atoms with Crippen LogP contribution in [0.25, 0.3) is 0 Å². The molecular weight excluding hydrogens is 338 g/mol. The summed E-state index contributed by atoms with van der Waals surface area (Å²) < 4.78 is 20.7. The first-order valence-corrected chi connectivity index (χ1v) is 7.87. The number of para-hydroxylation sites is 2. The van der Waals surface area contributed by atoms with Crippen molar-refractivity contribution in [1.29, 1.82) is 0 Å². The first-order chi connectivity index (χ1) is 12.5. The van der Waals surface area contributed by atoms with Gasteiger partial charge < -0.3 is 24.3 Å². The summed E-state index contributed by atoms with van der Waals surface area (Å²) in [5.74, 6) is 0.200. The molecule has 7 nitrogen and oxygen atoms in total. The number of anilines is 1. The van der Waals surface area contributed by atoms with Crippen LogP contribution < -0.4 is 19.5 Å². The van der Waals surface area contributed by atoms with Gasteiger partial charge in [0.1, 0.15) is 22.8 Å². The lowest BCUT2D eigenvalue weighted by atomic mass is 10.2. The fourth-order valence-electron chi connectivity index (χ4n) is 2.23. The van der Waals surface area contributed by atoms with Gasteiger partial charge in [0.05, 0.1) is 27.0 Å². The van der Waals surface area contributed by atoms with Crippen molar-refractivity contribution < 1.29 is 28.5 Å². The predicted octanol–water partition coefficient (Wildman–Crippen LogP) is 2.90. The normalized spacial score (nSPS) is 11.2. The zero-order chi connectivity index (χ0) is 19.1. The summed E-state index contributed by atoms with van der Waals surface area (Å²) in [5, 5.41) is 2.67. The van der Waals surface area contributed by atoms with E-state index >= 15 is 0 Å². The van der Waals surface area contributed by atoms with Crippen molar-refractivity contribution in [1.82, 2.24) is 0 Å². The summed E-state index contributed by atoms with van der Waals surface area (Å²) in [4.78, 5) is 24.7. The Morgan fingerprint density at radius 3 is 2.27 bits per heavy atom. The van der Waals surface area contributed by atoms with E-state index in [0.717, 1.165) is 0 Å². The molecule has 2 aromatic carbocycles. The maximum atomic E-state index is 12.4. The van der Waals surface area contributed by atoms with Crippen molar-refractivity contribution in [3.8, 4) is 17.2 Å². The highest BCUT2D eigenvalue weighted by atomic mass is 16.5. The Morgan fingerprint density at radius 1 is 0.923 bits per heavy atom. The maximum absolute atomic E-state index is 12.4. The summed E-state index contributed by atoms with van der Waals surface area (Å²) >= 11 is 0. The van der Waals surface area contributed by atoms with E-state index in [4.69, 9.17) is 18.9 Å². The smallest absolute Gasteiger partial charge is 0.342 e. The number of carbonyl (C=O) groups excluding carboxylic acids is 2. The number of hydrogen-bond donors (Lipinski definition) is 1. The van der Waals surface area contributed by atoms with Crippen LogP contribution in [0, 0.1) is 0 Å². The molecule has 0 saturated carbocycles. The molecule has 0 aliphatic carbocycles. The van der Waals surface area contributed by atoms with Crippen LogP contribution in [-0.4, -0.2) is 39.3 Å². The fourth-order valence-corrected chi connectivity index (χ4v) is 2.23. The van der Waals surface area contributed by atoms with E-state index in [1.54, 1.807) is 36.4 Å². The van der Waals surface area contributed by atoms with Crippen molar-refractivity contribution in [2.45, 2.75) is 13.0 Å². The topological polar surface area (TPSA) is 83.1 Å².